The van der Waals surface area contributed by atoms with E-state index in [1.807, 2.05) is 56.3 Å². The molecule has 1 aliphatic carbocycles. The number of fused-ring (bicyclic) bond motifs is 1. The van der Waals surface area contributed by atoms with Crippen LogP contribution >= 0.6 is 0 Å². The highest BCUT2D eigenvalue weighted by molar-refractivity contribution is 5.96. The highest BCUT2D eigenvalue weighted by Crippen LogP contribution is 2.43. The zero-order valence-corrected chi connectivity index (χ0v) is 20.5. The molecular weight excluding hydrogens is 456 g/mol. The average molecular weight is 485 g/mol. The number of aromatic nitrogens is 3. The fourth-order valence-corrected chi connectivity index (χ4v) is 4.49. The Balaban J connectivity index is 1.50. The van der Waals surface area contributed by atoms with Crippen LogP contribution in [0.15, 0.2) is 47.0 Å². The number of aryl methyl sites for hydroxylation is 1. The minimum Gasteiger partial charge on any atom is -0.484 e. The van der Waals surface area contributed by atoms with Crippen molar-refractivity contribution >= 4 is 22.6 Å². The Morgan fingerprint density at radius 3 is 2.64 bits per heavy atom. The fourth-order valence-electron chi connectivity index (χ4n) is 4.49. The normalized spacial score (nSPS) is 13.4. The van der Waals surface area contributed by atoms with Crippen molar-refractivity contribution in [3.8, 4) is 23.1 Å². The monoisotopic (exact) mass is 484 g/mol. The van der Waals surface area contributed by atoms with Gasteiger partial charge in [0.1, 0.15) is 11.8 Å². The first-order chi connectivity index (χ1) is 17.4. The molecule has 4 aromatic rings. The Morgan fingerprint density at radius 1 is 1.25 bits per heavy atom. The Bertz CT molecular complexity index is 1440. The first-order valence-electron chi connectivity index (χ1n) is 12.1. The zero-order chi connectivity index (χ0) is 25.2. The smallest absolute Gasteiger partial charge is 0.319 e. The van der Waals surface area contributed by atoms with Crippen LogP contribution in [0.4, 0.5) is 10.5 Å². The standard InChI is InChI=1S/C27H28N6O3/c1-16(2)29-27(34)31-19-9-7-18(8-10-19)26-23(14-28)22-12-11-21(35-15-25-30-17(3)32-36-25)13-24(22)33(26)20-5-4-6-20/h7-13,16,20H,4-6,15H2,1-3H3,(H2,29,31,34). The number of carbonyl (C=O) groups is 1. The van der Waals surface area contributed by atoms with Gasteiger partial charge in [-0.3, -0.25) is 0 Å². The SMILES string of the molecule is Cc1noc(COc2ccc3c(C#N)c(-c4ccc(NC(=O)NC(C)C)cc4)n(C4CCC4)c3c2)n1. The first kappa shape index (κ1) is 23.4. The molecule has 184 valence electrons. The predicted molar refractivity (Wildman–Crippen MR) is 136 cm³/mol. The fraction of sp³-hybridized carbons (Fsp3) is 0.333. The topological polar surface area (TPSA) is 118 Å². The molecule has 36 heavy (non-hydrogen) atoms. The molecule has 0 saturated heterocycles. The highest BCUT2D eigenvalue weighted by atomic mass is 16.5. The van der Waals surface area contributed by atoms with Crippen LogP contribution < -0.4 is 15.4 Å². The van der Waals surface area contributed by atoms with Gasteiger partial charge in [0.25, 0.3) is 5.89 Å². The summed E-state index contributed by atoms with van der Waals surface area (Å²) in [7, 11) is 0. The molecule has 5 rings (SSSR count). The lowest BCUT2D eigenvalue weighted by atomic mass is 9.92. The molecule has 9 heteroatoms. The number of benzene rings is 2. The first-order valence-corrected chi connectivity index (χ1v) is 12.1. The van der Waals surface area contributed by atoms with Crippen molar-refractivity contribution in [2.45, 2.75) is 58.7 Å². The average Bonchev–Trinajstić information content (AvgIpc) is 3.37. The summed E-state index contributed by atoms with van der Waals surface area (Å²) < 4.78 is 13.4. The number of hydrogen-bond acceptors (Lipinski definition) is 6. The highest BCUT2D eigenvalue weighted by Gasteiger charge is 2.28. The quantitative estimate of drug-likeness (QED) is 0.347. The van der Waals surface area contributed by atoms with Gasteiger partial charge in [0.2, 0.25) is 0 Å². The van der Waals surface area contributed by atoms with E-state index < -0.39 is 0 Å². The maximum atomic E-state index is 12.1. The number of nitrogens with one attached hydrogen (secondary N) is 2. The third kappa shape index (κ3) is 4.62. The number of nitrogens with zero attached hydrogens (tertiary/aromatic N) is 4. The molecule has 0 spiro atoms. The maximum Gasteiger partial charge on any atom is 0.319 e. The summed E-state index contributed by atoms with van der Waals surface area (Å²) in [5.41, 5.74) is 4.10. The van der Waals surface area contributed by atoms with Crippen LogP contribution in [-0.2, 0) is 6.61 Å². The van der Waals surface area contributed by atoms with Gasteiger partial charge in [-0.25, -0.2) is 4.79 Å². The molecule has 1 fully saturated rings. The van der Waals surface area contributed by atoms with Gasteiger partial charge in [0.05, 0.1) is 16.8 Å². The molecule has 0 unspecified atom stereocenters. The number of anilines is 1. The van der Waals surface area contributed by atoms with Crippen LogP contribution in [0.1, 0.15) is 56.4 Å². The molecule has 1 aliphatic rings. The van der Waals surface area contributed by atoms with Crippen molar-refractivity contribution in [3.63, 3.8) is 0 Å². The van der Waals surface area contributed by atoms with Crippen LogP contribution in [0.5, 0.6) is 5.75 Å². The van der Waals surface area contributed by atoms with Crippen LogP contribution in [0.25, 0.3) is 22.2 Å². The van der Waals surface area contributed by atoms with Gasteiger partial charge < -0.3 is 24.5 Å². The van der Waals surface area contributed by atoms with E-state index in [0.29, 0.717) is 34.8 Å². The van der Waals surface area contributed by atoms with Crippen molar-refractivity contribution in [3.05, 3.63) is 59.7 Å². The van der Waals surface area contributed by atoms with Crippen LogP contribution in [0, 0.1) is 18.3 Å². The summed E-state index contributed by atoms with van der Waals surface area (Å²) in [5.74, 6) is 1.65. The Hall–Kier alpha value is -4.32. The van der Waals surface area contributed by atoms with E-state index in [9.17, 15) is 10.1 Å². The lowest BCUT2D eigenvalue weighted by Crippen LogP contribution is -2.34. The molecule has 2 heterocycles. The summed E-state index contributed by atoms with van der Waals surface area (Å²) in [5, 5.41) is 20.5. The summed E-state index contributed by atoms with van der Waals surface area (Å²) in [6.45, 7) is 5.76. The van der Waals surface area contributed by atoms with Crippen molar-refractivity contribution in [1.29, 1.82) is 5.26 Å². The van der Waals surface area contributed by atoms with Crippen LogP contribution in [0.2, 0.25) is 0 Å². The number of ether oxygens (including phenoxy) is 1. The van der Waals surface area contributed by atoms with E-state index in [4.69, 9.17) is 9.26 Å². The maximum absolute atomic E-state index is 12.1. The minimum atomic E-state index is -0.248. The number of amides is 2. The zero-order valence-electron chi connectivity index (χ0n) is 20.5. The molecular formula is C27H28N6O3. The number of hydrogen-bond donors (Lipinski definition) is 2. The van der Waals surface area contributed by atoms with Crippen LogP contribution in [0.3, 0.4) is 0 Å². The molecule has 1 saturated carbocycles. The van der Waals surface area contributed by atoms with E-state index in [2.05, 4.69) is 31.4 Å². The Morgan fingerprint density at radius 2 is 2.03 bits per heavy atom. The molecule has 0 aliphatic heterocycles. The van der Waals surface area contributed by atoms with E-state index in [1.165, 1.54) is 0 Å². The van der Waals surface area contributed by atoms with E-state index in [1.54, 1.807) is 6.92 Å². The second-order valence-electron chi connectivity index (χ2n) is 9.32. The second-order valence-corrected chi connectivity index (χ2v) is 9.32. The molecule has 9 nitrogen and oxygen atoms in total. The number of carbonyl (C=O) groups excluding carboxylic acids is 1. The summed E-state index contributed by atoms with van der Waals surface area (Å²) in [6.07, 6.45) is 3.28. The Labute approximate surface area is 209 Å². The van der Waals surface area contributed by atoms with Crippen LogP contribution in [-0.4, -0.2) is 26.8 Å². The van der Waals surface area contributed by atoms with Gasteiger partial charge in [-0.1, -0.05) is 17.3 Å². The molecule has 2 amide bonds. The van der Waals surface area contributed by atoms with Gasteiger partial charge in [0, 0.05) is 29.2 Å². The van der Waals surface area contributed by atoms with Gasteiger partial charge in [-0.2, -0.15) is 10.2 Å². The largest absolute Gasteiger partial charge is 0.484 e. The lowest BCUT2D eigenvalue weighted by Gasteiger charge is -2.30. The van der Waals surface area contributed by atoms with E-state index >= 15 is 0 Å². The molecule has 2 aromatic heterocycles. The molecule has 0 bridgehead atoms. The third-order valence-corrected chi connectivity index (χ3v) is 6.30. The molecule has 2 aromatic carbocycles. The molecule has 2 N–H and O–H groups in total. The van der Waals surface area contributed by atoms with Gasteiger partial charge in [-0.05, 0) is 69.9 Å². The molecule has 0 atom stereocenters. The third-order valence-electron chi connectivity index (χ3n) is 6.30. The number of urea groups is 1. The van der Waals surface area contributed by atoms with E-state index in [0.717, 1.165) is 41.4 Å². The lowest BCUT2D eigenvalue weighted by molar-refractivity contribution is 0.242. The van der Waals surface area contributed by atoms with Gasteiger partial charge in [-0.15, -0.1) is 0 Å². The molecule has 0 radical (unpaired) electrons. The van der Waals surface area contributed by atoms with Crippen molar-refractivity contribution in [1.82, 2.24) is 20.0 Å². The minimum absolute atomic E-state index is 0.0469. The van der Waals surface area contributed by atoms with Gasteiger partial charge in [0.15, 0.2) is 12.4 Å². The van der Waals surface area contributed by atoms with Crippen molar-refractivity contribution in [2.75, 3.05) is 5.32 Å². The summed E-state index contributed by atoms with van der Waals surface area (Å²) in [4.78, 5) is 16.3. The number of nitriles is 1. The predicted octanol–water partition coefficient (Wildman–Crippen LogP) is 5.71. The summed E-state index contributed by atoms with van der Waals surface area (Å²) in [6, 6.07) is 15.9. The van der Waals surface area contributed by atoms with Crippen molar-refractivity contribution < 1.29 is 14.1 Å². The Kier molecular flexibility index (Phi) is 6.34. The van der Waals surface area contributed by atoms with Crippen molar-refractivity contribution in [2.24, 2.45) is 0 Å². The number of rotatable bonds is 7. The van der Waals surface area contributed by atoms with Gasteiger partial charge >= 0.3 is 6.03 Å². The van der Waals surface area contributed by atoms with E-state index in [-0.39, 0.29) is 18.7 Å². The summed E-state index contributed by atoms with van der Waals surface area (Å²) >= 11 is 0. The second kappa shape index (κ2) is 9.74.